The van der Waals surface area contributed by atoms with Crippen LogP contribution in [-0.4, -0.2) is 11.2 Å². The van der Waals surface area contributed by atoms with Crippen LogP contribution in [0.4, 0.5) is 0 Å². The van der Waals surface area contributed by atoms with E-state index < -0.39 is 0 Å². The Kier molecular flexibility index (Phi) is 1.06. The highest BCUT2D eigenvalue weighted by Crippen LogP contribution is 1.97. The molecule has 1 unspecified atom stereocenters. The Bertz CT molecular complexity index is 119. The van der Waals surface area contributed by atoms with Crippen LogP contribution < -0.4 is 5.43 Å². The zero-order valence-electron chi connectivity index (χ0n) is 4.01. The predicted molar refractivity (Wildman–Crippen MR) is 33.4 cm³/mol. The van der Waals surface area contributed by atoms with Crippen LogP contribution in [0.25, 0.3) is 0 Å². The van der Waals surface area contributed by atoms with Gasteiger partial charge >= 0.3 is 0 Å². The van der Waals surface area contributed by atoms with E-state index in [0.29, 0.717) is 5.92 Å². The number of nitrogens with one attached hydrogen (secondary N) is 1. The maximum Gasteiger partial charge on any atom is 0.104 e. The lowest BCUT2D eigenvalue weighted by Gasteiger charge is -1.92. The molecule has 0 spiro atoms. The van der Waals surface area contributed by atoms with Crippen molar-refractivity contribution in [3.63, 3.8) is 0 Å². The second kappa shape index (κ2) is 1.58. The summed E-state index contributed by atoms with van der Waals surface area (Å²) in [6.07, 6.45) is 1.79. The number of hydrazone groups is 1. The Morgan fingerprint density at radius 1 is 2.00 bits per heavy atom. The first-order valence-electron chi connectivity index (χ1n) is 2.14. The number of rotatable bonds is 0. The van der Waals surface area contributed by atoms with E-state index >= 15 is 0 Å². The Morgan fingerprint density at radius 3 is 2.86 bits per heavy atom. The Balaban J connectivity index is 2.62. The molecular formula is C4H6N2S. The summed E-state index contributed by atoms with van der Waals surface area (Å²) in [5.74, 6) is 0.343. The van der Waals surface area contributed by atoms with Crippen LogP contribution in [0.5, 0.6) is 0 Å². The van der Waals surface area contributed by atoms with Crippen LogP contribution in [0.3, 0.4) is 0 Å². The summed E-state index contributed by atoms with van der Waals surface area (Å²) in [6.45, 7) is 2.01. The standard InChI is InChI=1S/C4H6N2S/c1-3-2-5-6-4(3)7/h2-3H,1H3,(H,6,7). The van der Waals surface area contributed by atoms with Gasteiger partial charge in [0.15, 0.2) is 0 Å². The minimum Gasteiger partial charge on any atom is -0.271 e. The van der Waals surface area contributed by atoms with Crippen LogP contribution in [0.1, 0.15) is 6.92 Å². The maximum absolute atomic E-state index is 4.81. The van der Waals surface area contributed by atoms with Crippen molar-refractivity contribution in [2.75, 3.05) is 0 Å². The third-order valence-electron chi connectivity index (χ3n) is 0.886. The molecule has 0 aromatic carbocycles. The molecule has 2 nitrogen and oxygen atoms in total. The second-order valence-corrected chi connectivity index (χ2v) is 1.98. The van der Waals surface area contributed by atoms with E-state index in [1.54, 1.807) is 6.21 Å². The normalized spacial score (nSPS) is 28.1. The third kappa shape index (κ3) is 0.771. The van der Waals surface area contributed by atoms with Gasteiger partial charge in [-0.3, -0.25) is 5.43 Å². The zero-order valence-corrected chi connectivity index (χ0v) is 4.83. The molecule has 1 aliphatic heterocycles. The molecule has 3 heteroatoms. The SMILES string of the molecule is CC1C=NNC1=S. The summed E-state index contributed by atoms with van der Waals surface area (Å²) in [5, 5.41) is 3.73. The first-order valence-corrected chi connectivity index (χ1v) is 2.54. The molecule has 1 atom stereocenters. The highest BCUT2D eigenvalue weighted by molar-refractivity contribution is 7.80. The number of nitrogens with zero attached hydrogens (tertiary/aromatic N) is 1. The fourth-order valence-corrected chi connectivity index (χ4v) is 0.496. The highest BCUT2D eigenvalue weighted by Gasteiger charge is 2.08. The molecular weight excluding hydrogens is 108 g/mol. The molecule has 1 aliphatic rings. The smallest absolute Gasteiger partial charge is 0.104 e. The van der Waals surface area contributed by atoms with Crippen molar-refractivity contribution in [2.45, 2.75) is 6.92 Å². The predicted octanol–water partition coefficient (Wildman–Crippen LogP) is 0.539. The molecule has 0 aromatic heterocycles. The summed E-state index contributed by atoms with van der Waals surface area (Å²) in [5.41, 5.74) is 2.67. The van der Waals surface area contributed by atoms with Gasteiger partial charge in [-0.1, -0.05) is 19.1 Å². The molecule has 1 N–H and O–H groups in total. The average Bonchev–Trinajstić information content (AvgIpc) is 1.91. The molecule has 7 heavy (non-hydrogen) atoms. The largest absolute Gasteiger partial charge is 0.271 e. The van der Waals surface area contributed by atoms with Crippen LogP contribution in [0.15, 0.2) is 5.10 Å². The molecule has 0 aliphatic carbocycles. The van der Waals surface area contributed by atoms with Crippen molar-refractivity contribution in [1.29, 1.82) is 0 Å². The number of hydrogen-bond donors (Lipinski definition) is 1. The van der Waals surface area contributed by atoms with E-state index in [0.717, 1.165) is 4.99 Å². The van der Waals surface area contributed by atoms with Gasteiger partial charge in [0.1, 0.15) is 4.99 Å². The van der Waals surface area contributed by atoms with Crippen LogP contribution >= 0.6 is 12.2 Å². The quantitative estimate of drug-likeness (QED) is 0.465. The third-order valence-corrected chi connectivity index (χ3v) is 1.35. The molecule has 0 saturated carbocycles. The van der Waals surface area contributed by atoms with Gasteiger partial charge in [-0.05, 0) is 0 Å². The van der Waals surface area contributed by atoms with E-state index in [1.165, 1.54) is 0 Å². The zero-order chi connectivity index (χ0) is 5.28. The fourth-order valence-electron chi connectivity index (χ4n) is 0.382. The van der Waals surface area contributed by atoms with Crippen molar-refractivity contribution in [2.24, 2.45) is 11.0 Å². The molecule has 0 aromatic rings. The van der Waals surface area contributed by atoms with Gasteiger partial charge in [0.05, 0.1) is 0 Å². The summed E-state index contributed by atoms with van der Waals surface area (Å²) < 4.78 is 0. The van der Waals surface area contributed by atoms with Gasteiger partial charge in [0.2, 0.25) is 0 Å². The van der Waals surface area contributed by atoms with Gasteiger partial charge < -0.3 is 0 Å². The van der Waals surface area contributed by atoms with E-state index in [9.17, 15) is 0 Å². The second-order valence-electron chi connectivity index (χ2n) is 1.54. The lowest BCUT2D eigenvalue weighted by atomic mass is 10.2. The van der Waals surface area contributed by atoms with Gasteiger partial charge in [0.25, 0.3) is 0 Å². The van der Waals surface area contributed by atoms with Crippen molar-refractivity contribution >= 4 is 23.4 Å². The summed E-state index contributed by atoms with van der Waals surface area (Å²) >= 11 is 4.81. The topological polar surface area (TPSA) is 24.4 Å². The Labute approximate surface area is 47.6 Å². The minimum absolute atomic E-state index is 0.343. The molecule has 0 radical (unpaired) electrons. The molecule has 0 amide bonds. The highest BCUT2D eigenvalue weighted by atomic mass is 32.1. The minimum atomic E-state index is 0.343. The molecule has 0 bridgehead atoms. The van der Waals surface area contributed by atoms with Crippen LogP contribution in [-0.2, 0) is 0 Å². The van der Waals surface area contributed by atoms with E-state index in [4.69, 9.17) is 12.2 Å². The van der Waals surface area contributed by atoms with Crippen LogP contribution in [0, 0.1) is 5.92 Å². The molecule has 1 heterocycles. The summed E-state index contributed by atoms with van der Waals surface area (Å²) in [6, 6.07) is 0. The van der Waals surface area contributed by atoms with Gasteiger partial charge in [-0.15, -0.1) is 0 Å². The maximum atomic E-state index is 4.81. The Morgan fingerprint density at radius 2 is 2.71 bits per heavy atom. The summed E-state index contributed by atoms with van der Waals surface area (Å²) in [7, 11) is 0. The lowest BCUT2D eigenvalue weighted by molar-refractivity contribution is 1.04. The van der Waals surface area contributed by atoms with Crippen molar-refractivity contribution in [1.82, 2.24) is 5.43 Å². The first-order chi connectivity index (χ1) is 3.30. The van der Waals surface area contributed by atoms with Crippen LogP contribution in [0.2, 0.25) is 0 Å². The number of hydrogen-bond acceptors (Lipinski definition) is 2. The van der Waals surface area contributed by atoms with Gasteiger partial charge in [0, 0.05) is 12.1 Å². The van der Waals surface area contributed by atoms with Crippen molar-refractivity contribution in [3.8, 4) is 0 Å². The van der Waals surface area contributed by atoms with E-state index in [2.05, 4.69) is 10.5 Å². The molecule has 1 rings (SSSR count). The lowest BCUT2D eigenvalue weighted by Crippen LogP contribution is -2.13. The van der Waals surface area contributed by atoms with E-state index in [-0.39, 0.29) is 0 Å². The Hall–Kier alpha value is -0.440. The first kappa shape index (κ1) is 4.71. The average molecular weight is 114 g/mol. The molecule has 38 valence electrons. The van der Waals surface area contributed by atoms with Crippen molar-refractivity contribution in [3.05, 3.63) is 0 Å². The summed E-state index contributed by atoms with van der Waals surface area (Å²) in [4.78, 5) is 0.819. The van der Waals surface area contributed by atoms with E-state index in [1.807, 2.05) is 6.92 Å². The molecule has 0 saturated heterocycles. The molecule has 0 fully saturated rings. The van der Waals surface area contributed by atoms with Gasteiger partial charge in [-0.25, -0.2) is 0 Å². The monoisotopic (exact) mass is 114 g/mol. The van der Waals surface area contributed by atoms with Crippen molar-refractivity contribution < 1.29 is 0 Å². The fraction of sp³-hybridized carbons (Fsp3) is 0.500. The van der Waals surface area contributed by atoms with Gasteiger partial charge in [-0.2, -0.15) is 5.10 Å². The number of thiocarbonyl (C=S) groups is 1.